The molecule has 2 aliphatic heterocycles. The molecule has 4 rings (SSSR count). The highest BCUT2D eigenvalue weighted by Gasteiger charge is 2.21. The number of ether oxygens (including phenoxy) is 2. The monoisotopic (exact) mass is 390 g/mol. The van der Waals surface area contributed by atoms with Gasteiger partial charge in [-0.3, -0.25) is 4.72 Å². The highest BCUT2D eigenvalue weighted by Crippen LogP contribution is 2.34. The van der Waals surface area contributed by atoms with Crippen molar-refractivity contribution >= 4 is 21.5 Å². The van der Waals surface area contributed by atoms with Gasteiger partial charge in [-0.05, 0) is 30.8 Å². The summed E-state index contributed by atoms with van der Waals surface area (Å²) in [5, 5.41) is 0. The number of pyridine rings is 1. The lowest BCUT2D eigenvalue weighted by Crippen LogP contribution is -2.46. The number of benzene rings is 1. The number of likely N-dealkylation sites (N-methyl/N-ethyl adjacent to an activating group) is 1. The normalized spacial score (nSPS) is 17.1. The molecule has 2 aromatic rings. The number of hydrogen-bond donors (Lipinski definition) is 1. The predicted octanol–water partition coefficient (Wildman–Crippen LogP) is 1.75. The molecule has 0 bridgehead atoms. The van der Waals surface area contributed by atoms with Gasteiger partial charge in [-0.1, -0.05) is 6.92 Å². The predicted molar refractivity (Wildman–Crippen MR) is 102 cm³/mol. The minimum atomic E-state index is -3.73. The zero-order chi connectivity index (χ0) is 18.9. The van der Waals surface area contributed by atoms with Gasteiger partial charge < -0.3 is 19.3 Å². The molecule has 3 heterocycles. The average molecular weight is 390 g/mol. The lowest BCUT2D eigenvalue weighted by atomic mass is 10.3. The van der Waals surface area contributed by atoms with E-state index in [1.54, 1.807) is 18.3 Å². The van der Waals surface area contributed by atoms with Crippen molar-refractivity contribution in [1.82, 2.24) is 9.88 Å². The van der Waals surface area contributed by atoms with E-state index in [1.807, 2.05) is 6.07 Å². The van der Waals surface area contributed by atoms with Crippen LogP contribution in [0.1, 0.15) is 6.92 Å². The topological polar surface area (TPSA) is 84.0 Å². The zero-order valence-corrected chi connectivity index (χ0v) is 15.9. The van der Waals surface area contributed by atoms with Crippen molar-refractivity contribution < 1.29 is 17.9 Å². The summed E-state index contributed by atoms with van der Waals surface area (Å²) in [4.78, 5) is 9.15. The third-order valence-electron chi connectivity index (χ3n) is 4.80. The number of hydrogen-bond acceptors (Lipinski definition) is 7. The number of anilines is 2. The van der Waals surface area contributed by atoms with E-state index in [4.69, 9.17) is 9.47 Å². The summed E-state index contributed by atoms with van der Waals surface area (Å²) in [6.45, 7) is 7.18. The van der Waals surface area contributed by atoms with E-state index in [2.05, 4.69) is 26.4 Å². The Morgan fingerprint density at radius 2 is 1.85 bits per heavy atom. The molecule has 1 saturated heterocycles. The first kappa shape index (κ1) is 17.9. The summed E-state index contributed by atoms with van der Waals surface area (Å²) in [5.74, 6) is 1.83. The van der Waals surface area contributed by atoms with Crippen molar-refractivity contribution in [2.24, 2.45) is 0 Å². The standard InChI is InChI=1S/C18H22N4O4S/c1-2-21-7-9-22(10-8-21)18-6-3-14(12-19-18)20-27(23,24)15-4-5-16-17(11-15)26-13-25-16/h3-6,11-12,20H,2,7-10,13H2,1H3. The molecule has 0 unspecified atom stereocenters. The summed E-state index contributed by atoms with van der Waals surface area (Å²) in [6, 6.07) is 8.12. The molecule has 0 radical (unpaired) electrons. The molecule has 1 aromatic heterocycles. The van der Waals surface area contributed by atoms with Crippen molar-refractivity contribution in [3.05, 3.63) is 36.5 Å². The summed E-state index contributed by atoms with van der Waals surface area (Å²) in [5.41, 5.74) is 0.420. The van der Waals surface area contributed by atoms with E-state index in [-0.39, 0.29) is 11.7 Å². The van der Waals surface area contributed by atoms with Crippen LogP contribution >= 0.6 is 0 Å². The van der Waals surface area contributed by atoms with E-state index >= 15 is 0 Å². The Kier molecular flexibility index (Phi) is 4.79. The maximum Gasteiger partial charge on any atom is 0.262 e. The van der Waals surface area contributed by atoms with Gasteiger partial charge in [-0.25, -0.2) is 13.4 Å². The van der Waals surface area contributed by atoms with Crippen molar-refractivity contribution in [2.45, 2.75) is 11.8 Å². The zero-order valence-electron chi connectivity index (χ0n) is 15.1. The maximum absolute atomic E-state index is 12.6. The Morgan fingerprint density at radius 1 is 1.07 bits per heavy atom. The third-order valence-corrected chi connectivity index (χ3v) is 6.18. The van der Waals surface area contributed by atoms with Crippen molar-refractivity contribution in [3.8, 4) is 11.5 Å². The van der Waals surface area contributed by atoms with Crippen LogP contribution in [0.2, 0.25) is 0 Å². The van der Waals surface area contributed by atoms with Crippen molar-refractivity contribution in [1.29, 1.82) is 0 Å². The van der Waals surface area contributed by atoms with E-state index in [0.717, 1.165) is 38.5 Å². The quantitative estimate of drug-likeness (QED) is 0.833. The number of sulfonamides is 1. The Balaban J connectivity index is 1.45. The van der Waals surface area contributed by atoms with Gasteiger partial charge in [0.1, 0.15) is 5.82 Å². The molecular formula is C18H22N4O4S. The number of nitrogens with one attached hydrogen (secondary N) is 1. The Labute approximate surface area is 158 Å². The molecule has 1 N–H and O–H groups in total. The number of piperazine rings is 1. The number of fused-ring (bicyclic) bond motifs is 1. The van der Waals surface area contributed by atoms with Gasteiger partial charge in [0.25, 0.3) is 10.0 Å². The van der Waals surface area contributed by atoms with Crippen LogP contribution in [0.4, 0.5) is 11.5 Å². The Hall–Kier alpha value is -2.52. The molecule has 0 atom stereocenters. The minimum absolute atomic E-state index is 0.101. The van der Waals surface area contributed by atoms with Crippen LogP contribution in [0.3, 0.4) is 0 Å². The molecule has 144 valence electrons. The summed E-state index contributed by atoms with van der Waals surface area (Å²) in [6.07, 6.45) is 1.55. The van der Waals surface area contributed by atoms with Gasteiger partial charge in [-0.15, -0.1) is 0 Å². The smallest absolute Gasteiger partial charge is 0.262 e. The van der Waals surface area contributed by atoms with E-state index < -0.39 is 10.0 Å². The number of rotatable bonds is 5. The van der Waals surface area contributed by atoms with Crippen molar-refractivity contribution in [3.63, 3.8) is 0 Å². The van der Waals surface area contributed by atoms with Gasteiger partial charge in [0.2, 0.25) is 6.79 Å². The van der Waals surface area contributed by atoms with Gasteiger partial charge in [0, 0.05) is 32.2 Å². The molecule has 9 heteroatoms. The molecule has 27 heavy (non-hydrogen) atoms. The molecule has 1 fully saturated rings. The third kappa shape index (κ3) is 3.79. The van der Waals surface area contributed by atoms with Crippen LogP contribution in [0.25, 0.3) is 0 Å². The molecule has 0 amide bonds. The number of nitrogens with zero attached hydrogens (tertiary/aromatic N) is 3. The first-order chi connectivity index (χ1) is 13.0. The Bertz CT molecular complexity index is 909. The summed E-state index contributed by atoms with van der Waals surface area (Å²) in [7, 11) is -3.73. The van der Waals surface area contributed by atoms with Gasteiger partial charge in [-0.2, -0.15) is 0 Å². The largest absolute Gasteiger partial charge is 0.454 e. The second-order valence-corrected chi connectivity index (χ2v) is 8.13. The SMILES string of the molecule is CCN1CCN(c2ccc(NS(=O)(=O)c3ccc4c(c3)OCO4)cn2)CC1. The van der Waals surface area contributed by atoms with Gasteiger partial charge in [0.15, 0.2) is 11.5 Å². The lowest BCUT2D eigenvalue weighted by Gasteiger charge is -2.34. The van der Waals surface area contributed by atoms with Crippen LogP contribution in [0, 0.1) is 0 Å². The Morgan fingerprint density at radius 3 is 2.56 bits per heavy atom. The van der Waals surface area contributed by atoms with Crippen molar-refractivity contribution in [2.75, 3.05) is 49.1 Å². The maximum atomic E-state index is 12.6. The molecule has 2 aliphatic rings. The van der Waals surface area contributed by atoms with Crippen LogP contribution in [-0.4, -0.2) is 57.8 Å². The van der Waals surface area contributed by atoms with E-state index in [0.29, 0.717) is 17.2 Å². The molecular weight excluding hydrogens is 368 g/mol. The fraction of sp³-hybridized carbons (Fsp3) is 0.389. The second kappa shape index (κ2) is 7.24. The number of aromatic nitrogens is 1. The van der Waals surface area contributed by atoms with Crippen LogP contribution in [0.15, 0.2) is 41.4 Å². The highest BCUT2D eigenvalue weighted by atomic mass is 32.2. The van der Waals surface area contributed by atoms with Crippen LogP contribution < -0.4 is 19.1 Å². The highest BCUT2D eigenvalue weighted by molar-refractivity contribution is 7.92. The molecule has 0 saturated carbocycles. The fourth-order valence-corrected chi connectivity index (χ4v) is 4.24. The first-order valence-electron chi connectivity index (χ1n) is 8.91. The fourth-order valence-electron chi connectivity index (χ4n) is 3.18. The second-order valence-electron chi connectivity index (χ2n) is 6.45. The average Bonchev–Trinajstić information content (AvgIpc) is 3.16. The van der Waals surface area contributed by atoms with Gasteiger partial charge in [0.05, 0.1) is 16.8 Å². The lowest BCUT2D eigenvalue weighted by molar-refractivity contribution is 0.174. The van der Waals surface area contributed by atoms with E-state index in [1.165, 1.54) is 12.1 Å². The van der Waals surface area contributed by atoms with Gasteiger partial charge >= 0.3 is 0 Å². The van der Waals surface area contributed by atoms with E-state index in [9.17, 15) is 8.42 Å². The molecule has 0 spiro atoms. The molecule has 8 nitrogen and oxygen atoms in total. The summed E-state index contributed by atoms with van der Waals surface area (Å²) >= 11 is 0. The van der Waals surface area contributed by atoms with Crippen LogP contribution in [-0.2, 0) is 10.0 Å². The van der Waals surface area contributed by atoms with Crippen LogP contribution in [0.5, 0.6) is 11.5 Å². The molecule has 0 aliphatic carbocycles. The minimum Gasteiger partial charge on any atom is -0.454 e. The summed E-state index contributed by atoms with van der Waals surface area (Å²) < 4.78 is 38.2. The first-order valence-corrected chi connectivity index (χ1v) is 10.4. The molecule has 1 aromatic carbocycles.